The molecule has 2 aromatic carbocycles. The third kappa shape index (κ3) is 3.90. The summed E-state index contributed by atoms with van der Waals surface area (Å²) in [4.78, 5) is 17.2. The Hall–Kier alpha value is -3.65. The molecule has 8 heteroatoms. The second kappa shape index (κ2) is 8.38. The lowest BCUT2D eigenvalue weighted by Crippen LogP contribution is -2.13. The minimum Gasteiger partial charge on any atom is -0.493 e. The van der Waals surface area contributed by atoms with Crippen molar-refractivity contribution in [2.24, 2.45) is 0 Å². The molecule has 0 aliphatic rings. The number of carbonyl (C=O) groups is 1. The lowest BCUT2D eigenvalue weighted by atomic mass is 10.1. The Kier molecular flexibility index (Phi) is 5.49. The second-order valence-corrected chi connectivity index (χ2v) is 7.38. The highest BCUT2D eigenvalue weighted by Gasteiger charge is 2.16. The largest absolute Gasteiger partial charge is 0.493 e. The lowest BCUT2D eigenvalue weighted by molar-refractivity contribution is 0.102. The van der Waals surface area contributed by atoms with Crippen LogP contribution in [-0.2, 0) is 0 Å². The molecule has 2 aromatic heterocycles. The van der Waals surface area contributed by atoms with Crippen LogP contribution in [0.2, 0.25) is 0 Å². The average molecular weight is 420 g/mol. The molecule has 152 valence electrons. The predicted molar refractivity (Wildman–Crippen MR) is 117 cm³/mol. The summed E-state index contributed by atoms with van der Waals surface area (Å²) in [6.07, 6.45) is 3.64. The number of thiazole rings is 1. The van der Waals surface area contributed by atoms with Gasteiger partial charge in [0.25, 0.3) is 5.91 Å². The zero-order valence-electron chi connectivity index (χ0n) is 16.7. The fourth-order valence-corrected chi connectivity index (χ4v) is 3.74. The van der Waals surface area contributed by atoms with E-state index in [0.29, 0.717) is 22.9 Å². The topological polar surface area (TPSA) is 78.3 Å². The van der Waals surface area contributed by atoms with Gasteiger partial charge in [-0.15, -0.1) is 11.3 Å². The van der Waals surface area contributed by atoms with Crippen LogP contribution in [-0.4, -0.2) is 34.9 Å². The number of hydrogen-bond donors (Lipinski definition) is 1. The lowest BCUT2D eigenvalue weighted by Gasteiger charge is -2.13. The molecular weight excluding hydrogens is 400 g/mol. The number of anilines is 1. The van der Waals surface area contributed by atoms with Crippen LogP contribution >= 0.6 is 11.3 Å². The van der Waals surface area contributed by atoms with Gasteiger partial charge < -0.3 is 14.8 Å². The number of rotatable bonds is 6. The monoisotopic (exact) mass is 420 g/mol. The molecule has 0 aliphatic heterocycles. The molecule has 30 heavy (non-hydrogen) atoms. The van der Waals surface area contributed by atoms with Crippen molar-refractivity contribution in [3.8, 4) is 27.8 Å². The molecule has 1 N–H and O–H groups in total. The van der Waals surface area contributed by atoms with Crippen molar-refractivity contribution in [1.82, 2.24) is 14.8 Å². The van der Waals surface area contributed by atoms with E-state index in [-0.39, 0.29) is 5.91 Å². The van der Waals surface area contributed by atoms with E-state index in [1.807, 2.05) is 49.5 Å². The minimum atomic E-state index is -0.289. The van der Waals surface area contributed by atoms with E-state index in [9.17, 15) is 4.79 Å². The van der Waals surface area contributed by atoms with Crippen LogP contribution in [0.25, 0.3) is 16.3 Å². The van der Waals surface area contributed by atoms with Crippen LogP contribution in [0.3, 0.4) is 0 Å². The Morgan fingerprint density at radius 1 is 1.10 bits per heavy atom. The van der Waals surface area contributed by atoms with Gasteiger partial charge in [-0.2, -0.15) is 5.10 Å². The molecule has 0 saturated heterocycles. The Bertz CT molecular complexity index is 1180. The summed E-state index contributed by atoms with van der Waals surface area (Å²) in [5.41, 5.74) is 3.66. The van der Waals surface area contributed by atoms with E-state index < -0.39 is 0 Å². The van der Waals surface area contributed by atoms with Gasteiger partial charge in [-0.1, -0.05) is 18.2 Å². The van der Waals surface area contributed by atoms with Crippen molar-refractivity contribution < 1.29 is 14.3 Å². The summed E-state index contributed by atoms with van der Waals surface area (Å²) in [7, 11) is 3.13. The fraction of sp³-hybridized carbons (Fsp3) is 0.136. The van der Waals surface area contributed by atoms with Crippen LogP contribution in [0.4, 0.5) is 5.69 Å². The molecule has 1 amide bonds. The first-order valence-electron chi connectivity index (χ1n) is 9.19. The van der Waals surface area contributed by atoms with Crippen LogP contribution in [0.15, 0.2) is 60.2 Å². The van der Waals surface area contributed by atoms with E-state index in [0.717, 1.165) is 21.8 Å². The van der Waals surface area contributed by atoms with Crippen LogP contribution < -0.4 is 14.8 Å². The number of carbonyl (C=O) groups excluding carboxylic acids is 1. The number of aromatic nitrogens is 3. The normalized spacial score (nSPS) is 10.6. The van der Waals surface area contributed by atoms with Crippen molar-refractivity contribution in [3.05, 3.63) is 71.5 Å². The maximum atomic E-state index is 12.7. The standard InChI is InChI=1S/C22H20N4O3S/c1-14-9-19(28-2)20(29-3)10-17(14)24-21(27)18-13-30-22(25-18)15-11-23-26(12-15)16-7-5-4-6-8-16/h4-13H,1-3H3,(H,24,27). The Balaban J connectivity index is 1.53. The van der Waals surface area contributed by atoms with E-state index in [4.69, 9.17) is 9.47 Å². The Morgan fingerprint density at radius 2 is 1.83 bits per heavy atom. The van der Waals surface area contributed by atoms with Gasteiger partial charge in [0.05, 0.1) is 26.1 Å². The highest BCUT2D eigenvalue weighted by molar-refractivity contribution is 7.13. The van der Waals surface area contributed by atoms with Gasteiger partial charge in [-0.3, -0.25) is 4.79 Å². The fourth-order valence-electron chi connectivity index (χ4n) is 2.97. The second-order valence-electron chi connectivity index (χ2n) is 6.52. The van der Waals surface area contributed by atoms with Gasteiger partial charge in [-0.25, -0.2) is 9.67 Å². The molecule has 4 aromatic rings. The van der Waals surface area contributed by atoms with E-state index in [1.54, 1.807) is 36.5 Å². The minimum absolute atomic E-state index is 0.289. The Morgan fingerprint density at radius 3 is 2.57 bits per heavy atom. The molecule has 4 rings (SSSR count). The van der Waals surface area contributed by atoms with E-state index in [1.165, 1.54) is 11.3 Å². The van der Waals surface area contributed by atoms with Crippen molar-refractivity contribution in [3.63, 3.8) is 0 Å². The Labute approximate surface area is 177 Å². The van der Waals surface area contributed by atoms with Crippen LogP contribution in [0.1, 0.15) is 16.1 Å². The summed E-state index contributed by atoms with van der Waals surface area (Å²) in [6.45, 7) is 1.89. The van der Waals surface area contributed by atoms with Crippen LogP contribution in [0, 0.1) is 6.92 Å². The van der Waals surface area contributed by atoms with Gasteiger partial charge >= 0.3 is 0 Å². The van der Waals surface area contributed by atoms with Crippen LogP contribution in [0.5, 0.6) is 11.5 Å². The molecular formula is C22H20N4O3S. The smallest absolute Gasteiger partial charge is 0.275 e. The van der Waals surface area contributed by atoms with Gasteiger partial charge in [0.1, 0.15) is 10.7 Å². The quantitative estimate of drug-likeness (QED) is 0.494. The van der Waals surface area contributed by atoms with Gasteiger partial charge in [0.15, 0.2) is 11.5 Å². The zero-order chi connectivity index (χ0) is 21.1. The summed E-state index contributed by atoms with van der Waals surface area (Å²) in [5, 5.41) is 9.75. The molecule has 0 aliphatic carbocycles. The summed E-state index contributed by atoms with van der Waals surface area (Å²) >= 11 is 1.40. The van der Waals surface area contributed by atoms with Crippen molar-refractivity contribution in [2.75, 3.05) is 19.5 Å². The SMILES string of the molecule is COc1cc(C)c(NC(=O)c2csc(-c3cnn(-c4ccccc4)c3)n2)cc1OC. The van der Waals surface area contributed by atoms with E-state index in [2.05, 4.69) is 15.4 Å². The molecule has 2 heterocycles. The first-order chi connectivity index (χ1) is 14.6. The van der Waals surface area contributed by atoms with E-state index >= 15 is 0 Å². The molecule has 0 atom stereocenters. The number of methoxy groups -OCH3 is 2. The average Bonchev–Trinajstić information content (AvgIpc) is 3.45. The number of hydrogen-bond acceptors (Lipinski definition) is 6. The molecule has 0 fully saturated rings. The van der Waals surface area contributed by atoms with Crippen molar-refractivity contribution in [1.29, 1.82) is 0 Å². The van der Waals surface area contributed by atoms with Gasteiger partial charge in [0.2, 0.25) is 0 Å². The molecule has 0 bridgehead atoms. The number of benzene rings is 2. The summed E-state index contributed by atoms with van der Waals surface area (Å²) in [6, 6.07) is 13.4. The number of para-hydroxylation sites is 1. The first kappa shape index (κ1) is 19.7. The molecule has 0 saturated carbocycles. The highest BCUT2D eigenvalue weighted by atomic mass is 32.1. The van der Waals surface area contributed by atoms with Gasteiger partial charge in [0, 0.05) is 28.9 Å². The summed E-state index contributed by atoms with van der Waals surface area (Å²) in [5.74, 6) is 0.869. The van der Waals surface area contributed by atoms with Crippen molar-refractivity contribution >= 4 is 22.9 Å². The van der Waals surface area contributed by atoms with Gasteiger partial charge in [-0.05, 0) is 30.7 Å². The molecule has 0 unspecified atom stereocenters. The third-order valence-electron chi connectivity index (χ3n) is 4.57. The molecule has 0 spiro atoms. The third-order valence-corrected chi connectivity index (χ3v) is 5.46. The molecule has 7 nitrogen and oxygen atoms in total. The number of ether oxygens (including phenoxy) is 2. The highest BCUT2D eigenvalue weighted by Crippen LogP contribution is 2.33. The number of nitrogens with zero attached hydrogens (tertiary/aromatic N) is 3. The van der Waals surface area contributed by atoms with Crippen molar-refractivity contribution in [2.45, 2.75) is 6.92 Å². The predicted octanol–water partition coefficient (Wildman–Crippen LogP) is 4.57. The zero-order valence-corrected chi connectivity index (χ0v) is 17.6. The number of amides is 1. The number of aryl methyl sites for hydroxylation is 1. The maximum absolute atomic E-state index is 12.7. The maximum Gasteiger partial charge on any atom is 0.275 e. The number of nitrogens with one attached hydrogen (secondary N) is 1. The first-order valence-corrected chi connectivity index (χ1v) is 10.1. The molecule has 0 radical (unpaired) electrons. The summed E-state index contributed by atoms with van der Waals surface area (Å²) < 4.78 is 12.4.